The molecule has 2 fully saturated rings. The maximum absolute atomic E-state index is 13.1. The summed E-state index contributed by atoms with van der Waals surface area (Å²) in [7, 11) is -3.53. The Morgan fingerprint density at radius 3 is 2.70 bits per heavy atom. The van der Waals surface area contributed by atoms with Crippen LogP contribution in [0.4, 0.5) is 4.39 Å². The fourth-order valence-corrected chi connectivity index (χ4v) is 5.15. The Balaban J connectivity index is 1.69. The Hall–Kier alpha value is -0.940. The standard InChI is InChI=1S/C15H20FNO2S/c1-10-6-14(16)4-5-15(10)20(18,19)17-9-13-8-11-2-3-12(13)7-11/h4-6,11-13,17H,2-3,7-9H2,1H3/t11-,12+,13+/m1/s1. The van der Waals surface area contributed by atoms with Crippen molar-refractivity contribution in [2.45, 2.75) is 37.5 Å². The first-order valence-corrected chi connectivity index (χ1v) is 8.70. The highest BCUT2D eigenvalue weighted by molar-refractivity contribution is 7.89. The topological polar surface area (TPSA) is 46.2 Å². The Labute approximate surface area is 119 Å². The predicted molar refractivity (Wildman–Crippen MR) is 75.3 cm³/mol. The van der Waals surface area contributed by atoms with Crippen LogP contribution in [0.2, 0.25) is 0 Å². The molecule has 3 atom stereocenters. The molecule has 0 saturated heterocycles. The molecule has 3 rings (SSSR count). The van der Waals surface area contributed by atoms with E-state index in [4.69, 9.17) is 0 Å². The van der Waals surface area contributed by atoms with Crippen molar-refractivity contribution in [1.29, 1.82) is 0 Å². The second kappa shape index (κ2) is 5.11. The summed E-state index contributed by atoms with van der Waals surface area (Å²) in [5.74, 6) is 1.57. The number of nitrogens with one attached hydrogen (secondary N) is 1. The number of fused-ring (bicyclic) bond motifs is 2. The Morgan fingerprint density at radius 1 is 1.30 bits per heavy atom. The zero-order valence-corrected chi connectivity index (χ0v) is 12.4. The van der Waals surface area contributed by atoms with E-state index in [1.807, 2.05) is 0 Å². The van der Waals surface area contributed by atoms with Crippen LogP contribution in [0.15, 0.2) is 23.1 Å². The van der Waals surface area contributed by atoms with Gasteiger partial charge in [-0.05, 0) is 67.7 Å². The highest BCUT2D eigenvalue weighted by Crippen LogP contribution is 2.48. The lowest BCUT2D eigenvalue weighted by molar-refractivity contribution is 0.333. The van der Waals surface area contributed by atoms with Crippen LogP contribution < -0.4 is 4.72 Å². The molecule has 2 saturated carbocycles. The summed E-state index contributed by atoms with van der Waals surface area (Å²) in [6.07, 6.45) is 4.97. The number of hydrogen-bond acceptors (Lipinski definition) is 2. The largest absolute Gasteiger partial charge is 0.240 e. The molecule has 110 valence electrons. The summed E-state index contributed by atoms with van der Waals surface area (Å²) < 4.78 is 40.4. The van der Waals surface area contributed by atoms with Crippen LogP contribution >= 0.6 is 0 Å². The van der Waals surface area contributed by atoms with Gasteiger partial charge >= 0.3 is 0 Å². The molecule has 5 heteroatoms. The molecule has 1 N–H and O–H groups in total. The summed E-state index contributed by atoms with van der Waals surface area (Å²) in [6.45, 7) is 2.13. The van der Waals surface area contributed by atoms with Crippen molar-refractivity contribution < 1.29 is 12.8 Å². The minimum absolute atomic E-state index is 0.182. The predicted octanol–water partition coefficient (Wildman–Crippen LogP) is 2.85. The summed E-state index contributed by atoms with van der Waals surface area (Å²) in [5.41, 5.74) is 0.449. The quantitative estimate of drug-likeness (QED) is 0.929. The van der Waals surface area contributed by atoms with Crippen LogP contribution in [0.25, 0.3) is 0 Å². The van der Waals surface area contributed by atoms with Gasteiger partial charge < -0.3 is 0 Å². The highest BCUT2D eigenvalue weighted by Gasteiger charge is 2.39. The van der Waals surface area contributed by atoms with Gasteiger partial charge in [0.25, 0.3) is 0 Å². The van der Waals surface area contributed by atoms with E-state index in [2.05, 4.69) is 4.72 Å². The van der Waals surface area contributed by atoms with Crippen LogP contribution in [-0.2, 0) is 10.0 Å². The molecule has 20 heavy (non-hydrogen) atoms. The Morgan fingerprint density at radius 2 is 2.10 bits per heavy atom. The van der Waals surface area contributed by atoms with E-state index in [-0.39, 0.29) is 4.90 Å². The minimum atomic E-state index is -3.53. The van der Waals surface area contributed by atoms with Crippen LogP contribution in [-0.4, -0.2) is 15.0 Å². The average Bonchev–Trinajstić information content (AvgIpc) is 2.98. The molecule has 1 aromatic rings. The smallest absolute Gasteiger partial charge is 0.211 e. The minimum Gasteiger partial charge on any atom is -0.211 e. The van der Waals surface area contributed by atoms with Gasteiger partial charge in [0.1, 0.15) is 5.82 Å². The Kier molecular flexibility index (Phi) is 3.58. The van der Waals surface area contributed by atoms with Gasteiger partial charge in [0.2, 0.25) is 10.0 Å². The van der Waals surface area contributed by atoms with Crippen LogP contribution in [0.1, 0.15) is 31.2 Å². The molecule has 0 aliphatic heterocycles. The van der Waals surface area contributed by atoms with E-state index in [0.717, 1.165) is 12.3 Å². The second-order valence-corrected chi connectivity index (χ2v) is 7.93. The molecule has 2 aliphatic carbocycles. The van der Waals surface area contributed by atoms with Crippen LogP contribution in [0, 0.1) is 30.5 Å². The third-order valence-corrected chi connectivity index (χ3v) is 6.43. The van der Waals surface area contributed by atoms with Crippen LogP contribution in [0.5, 0.6) is 0 Å². The maximum atomic E-state index is 13.1. The van der Waals surface area contributed by atoms with Crippen molar-refractivity contribution in [3.8, 4) is 0 Å². The van der Waals surface area contributed by atoms with E-state index >= 15 is 0 Å². The van der Waals surface area contributed by atoms with E-state index in [1.54, 1.807) is 6.92 Å². The number of benzene rings is 1. The number of halogens is 1. The molecule has 1 aromatic carbocycles. The molecular weight excluding hydrogens is 277 g/mol. The zero-order chi connectivity index (χ0) is 14.3. The van der Waals surface area contributed by atoms with E-state index in [1.165, 1.54) is 37.5 Å². The number of hydrogen-bond donors (Lipinski definition) is 1. The third-order valence-electron chi connectivity index (χ3n) is 4.85. The van der Waals surface area contributed by atoms with Gasteiger partial charge in [0, 0.05) is 6.54 Å². The molecule has 0 spiro atoms. The van der Waals surface area contributed by atoms with Gasteiger partial charge in [-0.1, -0.05) is 6.42 Å². The average molecular weight is 297 g/mol. The third kappa shape index (κ3) is 2.61. The van der Waals surface area contributed by atoms with Gasteiger partial charge in [-0.2, -0.15) is 0 Å². The van der Waals surface area contributed by atoms with Gasteiger partial charge in [-0.25, -0.2) is 17.5 Å². The van der Waals surface area contributed by atoms with Gasteiger partial charge in [-0.3, -0.25) is 0 Å². The van der Waals surface area contributed by atoms with Gasteiger partial charge in [0.05, 0.1) is 4.90 Å². The molecule has 0 unspecified atom stereocenters. The molecule has 0 radical (unpaired) electrons. The van der Waals surface area contributed by atoms with E-state index in [0.29, 0.717) is 23.9 Å². The summed E-state index contributed by atoms with van der Waals surface area (Å²) in [5, 5.41) is 0. The summed E-state index contributed by atoms with van der Waals surface area (Å²) in [6, 6.07) is 3.79. The zero-order valence-electron chi connectivity index (χ0n) is 11.6. The Bertz CT molecular complexity index is 614. The fourth-order valence-electron chi connectivity index (χ4n) is 3.84. The molecule has 0 aromatic heterocycles. The lowest BCUT2D eigenvalue weighted by atomic mass is 9.89. The second-order valence-electron chi connectivity index (χ2n) is 6.20. The summed E-state index contributed by atoms with van der Waals surface area (Å²) in [4.78, 5) is 0.182. The van der Waals surface area contributed by atoms with Crippen LogP contribution in [0.3, 0.4) is 0 Å². The normalized spacial score (nSPS) is 29.0. The first kappa shape index (κ1) is 14.0. The number of aryl methyl sites for hydroxylation is 1. The first-order valence-electron chi connectivity index (χ1n) is 7.21. The molecule has 0 heterocycles. The van der Waals surface area contributed by atoms with Crippen molar-refractivity contribution in [3.63, 3.8) is 0 Å². The number of sulfonamides is 1. The van der Waals surface area contributed by atoms with Crippen molar-refractivity contribution in [2.75, 3.05) is 6.54 Å². The maximum Gasteiger partial charge on any atom is 0.240 e. The van der Waals surface area contributed by atoms with Gasteiger partial charge in [-0.15, -0.1) is 0 Å². The lowest BCUT2D eigenvalue weighted by Gasteiger charge is -2.22. The number of rotatable bonds is 4. The van der Waals surface area contributed by atoms with Crippen molar-refractivity contribution in [2.24, 2.45) is 17.8 Å². The lowest BCUT2D eigenvalue weighted by Crippen LogP contribution is -2.32. The summed E-state index contributed by atoms with van der Waals surface area (Å²) >= 11 is 0. The molecular formula is C15H20FNO2S. The van der Waals surface area contributed by atoms with Crippen molar-refractivity contribution >= 4 is 10.0 Å². The monoisotopic (exact) mass is 297 g/mol. The van der Waals surface area contributed by atoms with Gasteiger partial charge in [0.15, 0.2) is 0 Å². The van der Waals surface area contributed by atoms with Crippen molar-refractivity contribution in [1.82, 2.24) is 4.72 Å². The first-order chi connectivity index (χ1) is 9.45. The fraction of sp³-hybridized carbons (Fsp3) is 0.600. The molecule has 2 aliphatic rings. The SMILES string of the molecule is Cc1cc(F)ccc1S(=O)(=O)NC[C@@H]1C[C@@H]2CC[C@H]1C2. The van der Waals surface area contributed by atoms with E-state index < -0.39 is 15.8 Å². The van der Waals surface area contributed by atoms with E-state index in [9.17, 15) is 12.8 Å². The molecule has 3 nitrogen and oxygen atoms in total. The molecule has 2 bridgehead atoms. The highest BCUT2D eigenvalue weighted by atomic mass is 32.2. The van der Waals surface area contributed by atoms with Crippen molar-refractivity contribution in [3.05, 3.63) is 29.6 Å². The molecule has 0 amide bonds.